The fourth-order valence-electron chi connectivity index (χ4n) is 2.64. The molecule has 1 aliphatic rings. The molecule has 4 heteroatoms. The Morgan fingerprint density at radius 3 is 2.33 bits per heavy atom. The molecule has 1 aliphatic heterocycles. The van der Waals surface area contributed by atoms with E-state index in [-0.39, 0.29) is 18.5 Å². The lowest BCUT2D eigenvalue weighted by molar-refractivity contribution is -0.116. The number of imide groups is 1. The normalized spacial score (nSPS) is 15.1. The lowest BCUT2D eigenvalue weighted by Crippen LogP contribution is -2.33. The SMILES string of the molecule is CCCCCCCCN1CC(=O)N(c2ccccc2)C1=O. The number of carbonyl (C=O) groups excluding carboxylic acids is 2. The fourth-order valence-corrected chi connectivity index (χ4v) is 2.64. The molecule has 0 spiro atoms. The predicted octanol–water partition coefficient (Wildman–Crippen LogP) is 3.82. The minimum atomic E-state index is -0.181. The number of amides is 3. The minimum Gasteiger partial charge on any atom is -0.315 e. The second-order valence-corrected chi connectivity index (χ2v) is 5.54. The van der Waals surface area contributed by atoms with E-state index in [9.17, 15) is 9.59 Å². The standard InChI is InChI=1S/C17H24N2O2/c1-2-3-4-5-6-10-13-18-14-16(20)19(17(18)21)15-11-8-7-9-12-15/h7-9,11-12H,2-6,10,13-14H2,1H3. The molecule has 1 aromatic carbocycles. The number of rotatable bonds is 8. The summed E-state index contributed by atoms with van der Waals surface area (Å²) in [5, 5.41) is 0. The Kier molecular flexibility index (Phi) is 5.78. The highest BCUT2D eigenvalue weighted by Gasteiger charge is 2.36. The van der Waals surface area contributed by atoms with E-state index in [0.717, 1.165) is 12.8 Å². The van der Waals surface area contributed by atoms with E-state index < -0.39 is 0 Å². The number of hydrogen-bond acceptors (Lipinski definition) is 2. The third-order valence-electron chi connectivity index (χ3n) is 3.83. The summed E-state index contributed by atoms with van der Waals surface area (Å²) in [6, 6.07) is 8.97. The van der Waals surface area contributed by atoms with Crippen molar-refractivity contribution in [1.82, 2.24) is 4.90 Å². The van der Waals surface area contributed by atoms with Crippen LogP contribution in [0.15, 0.2) is 30.3 Å². The second-order valence-electron chi connectivity index (χ2n) is 5.54. The van der Waals surface area contributed by atoms with Gasteiger partial charge in [0.15, 0.2) is 0 Å². The average Bonchev–Trinajstić information content (AvgIpc) is 2.78. The topological polar surface area (TPSA) is 40.6 Å². The third kappa shape index (κ3) is 4.06. The minimum absolute atomic E-state index is 0.128. The zero-order valence-electron chi connectivity index (χ0n) is 12.8. The second kappa shape index (κ2) is 7.81. The summed E-state index contributed by atoms with van der Waals surface area (Å²) in [5.41, 5.74) is 0.665. The van der Waals surface area contributed by atoms with E-state index in [2.05, 4.69) is 6.92 Å². The van der Waals surface area contributed by atoms with Crippen LogP contribution in [0.4, 0.5) is 10.5 Å². The summed E-state index contributed by atoms with van der Waals surface area (Å²) >= 11 is 0. The number of anilines is 1. The molecule has 0 aliphatic carbocycles. The molecule has 4 nitrogen and oxygen atoms in total. The van der Waals surface area contributed by atoms with Gasteiger partial charge < -0.3 is 4.90 Å². The van der Waals surface area contributed by atoms with E-state index in [0.29, 0.717) is 12.2 Å². The van der Waals surface area contributed by atoms with Gasteiger partial charge in [-0.05, 0) is 18.6 Å². The highest BCUT2D eigenvalue weighted by Crippen LogP contribution is 2.21. The van der Waals surface area contributed by atoms with E-state index in [1.54, 1.807) is 17.0 Å². The van der Waals surface area contributed by atoms with E-state index >= 15 is 0 Å². The number of unbranched alkanes of at least 4 members (excludes halogenated alkanes) is 5. The van der Waals surface area contributed by atoms with Gasteiger partial charge in [0.1, 0.15) is 6.54 Å². The van der Waals surface area contributed by atoms with Gasteiger partial charge in [0.05, 0.1) is 5.69 Å². The number of hydrogen-bond donors (Lipinski definition) is 0. The quantitative estimate of drug-likeness (QED) is 0.539. The first-order chi connectivity index (χ1) is 10.2. The number of nitrogens with zero attached hydrogens (tertiary/aromatic N) is 2. The summed E-state index contributed by atoms with van der Waals surface area (Å²) in [6.45, 7) is 3.09. The molecule has 21 heavy (non-hydrogen) atoms. The van der Waals surface area contributed by atoms with Crippen molar-refractivity contribution in [2.75, 3.05) is 18.0 Å². The van der Waals surface area contributed by atoms with Crippen molar-refractivity contribution in [2.45, 2.75) is 45.4 Å². The molecule has 0 atom stereocenters. The summed E-state index contributed by atoms with van der Waals surface area (Å²) in [4.78, 5) is 27.3. The average molecular weight is 288 g/mol. The van der Waals surface area contributed by atoms with Crippen molar-refractivity contribution >= 4 is 17.6 Å². The van der Waals surface area contributed by atoms with Gasteiger partial charge in [-0.3, -0.25) is 4.79 Å². The maximum atomic E-state index is 12.3. The third-order valence-corrected chi connectivity index (χ3v) is 3.83. The lowest BCUT2D eigenvalue weighted by atomic mass is 10.1. The van der Waals surface area contributed by atoms with Crippen LogP contribution >= 0.6 is 0 Å². The zero-order chi connectivity index (χ0) is 15.1. The van der Waals surface area contributed by atoms with Crippen LogP contribution in [0, 0.1) is 0 Å². The van der Waals surface area contributed by atoms with Gasteiger partial charge in [-0.2, -0.15) is 0 Å². The van der Waals surface area contributed by atoms with Gasteiger partial charge >= 0.3 is 6.03 Å². The molecule has 2 rings (SSSR count). The number of para-hydroxylation sites is 1. The molecule has 1 heterocycles. The van der Waals surface area contributed by atoms with Gasteiger partial charge in [-0.15, -0.1) is 0 Å². The smallest absolute Gasteiger partial charge is 0.315 e. The van der Waals surface area contributed by atoms with Crippen LogP contribution in [0.2, 0.25) is 0 Å². The zero-order valence-corrected chi connectivity index (χ0v) is 12.8. The Hall–Kier alpha value is -1.84. The van der Waals surface area contributed by atoms with Gasteiger partial charge in [0.2, 0.25) is 0 Å². The Bertz CT molecular complexity index is 473. The summed E-state index contributed by atoms with van der Waals surface area (Å²) in [7, 11) is 0. The molecule has 0 saturated carbocycles. The number of urea groups is 1. The molecule has 1 aromatic rings. The van der Waals surface area contributed by atoms with Crippen LogP contribution in [0.3, 0.4) is 0 Å². The van der Waals surface area contributed by atoms with Crippen molar-refractivity contribution in [1.29, 1.82) is 0 Å². The molecule has 1 saturated heterocycles. The summed E-state index contributed by atoms with van der Waals surface area (Å²) < 4.78 is 0. The predicted molar refractivity (Wildman–Crippen MR) is 84.3 cm³/mol. The Balaban J connectivity index is 1.82. The maximum absolute atomic E-state index is 12.3. The molecule has 114 valence electrons. The number of carbonyl (C=O) groups is 2. The van der Waals surface area contributed by atoms with Crippen molar-refractivity contribution in [3.05, 3.63) is 30.3 Å². The Morgan fingerprint density at radius 2 is 1.62 bits per heavy atom. The molecule has 0 bridgehead atoms. The van der Waals surface area contributed by atoms with Gasteiger partial charge in [-0.25, -0.2) is 9.69 Å². The molecule has 0 aromatic heterocycles. The van der Waals surface area contributed by atoms with Crippen LogP contribution in [-0.2, 0) is 4.79 Å². The Labute approximate surface area is 126 Å². The largest absolute Gasteiger partial charge is 0.331 e. The monoisotopic (exact) mass is 288 g/mol. The van der Waals surface area contributed by atoms with E-state index in [4.69, 9.17) is 0 Å². The van der Waals surface area contributed by atoms with Gasteiger partial charge in [-0.1, -0.05) is 57.2 Å². The maximum Gasteiger partial charge on any atom is 0.331 e. The highest BCUT2D eigenvalue weighted by molar-refractivity contribution is 6.19. The fraction of sp³-hybridized carbons (Fsp3) is 0.529. The molecular formula is C17H24N2O2. The van der Waals surface area contributed by atoms with Crippen molar-refractivity contribution in [3.63, 3.8) is 0 Å². The number of benzene rings is 1. The van der Waals surface area contributed by atoms with Crippen molar-refractivity contribution in [3.8, 4) is 0 Å². The van der Waals surface area contributed by atoms with Crippen LogP contribution < -0.4 is 4.90 Å². The first-order valence-corrected chi connectivity index (χ1v) is 7.91. The first-order valence-electron chi connectivity index (χ1n) is 7.91. The highest BCUT2D eigenvalue weighted by atomic mass is 16.2. The molecule has 1 fully saturated rings. The Morgan fingerprint density at radius 1 is 0.952 bits per heavy atom. The van der Waals surface area contributed by atoms with E-state index in [1.165, 1.54) is 30.6 Å². The van der Waals surface area contributed by atoms with E-state index in [1.807, 2.05) is 18.2 Å². The molecular weight excluding hydrogens is 264 g/mol. The molecule has 0 radical (unpaired) electrons. The molecule has 0 N–H and O–H groups in total. The van der Waals surface area contributed by atoms with Crippen LogP contribution in [0.1, 0.15) is 45.4 Å². The molecule has 3 amide bonds. The van der Waals surface area contributed by atoms with Gasteiger partial charge in [0, 0.05) is 6.54 Å². The van der Waals surface area contributed by atoms with Crippen LogP contribution in [-0.4, -0.2) is 29.9 Å². The summed E-state index contributed by atoms with van der Waals surface area (Å²) in [5.74, 6) is -0.128. The molecule has 0 unspecified atom stereocenters. The van der Waals surface area contributed by atoms with Crippen molar-refractivity contribution < 1.29 is 9.59 Å². The summed E-state index contributed by atoms with van der Waals surface area (Å²) in [6.07, 6.45) is 7.11. The first kappa shape index (κ1) is 15.5. The van der Waals surface area contributed by atoms with Crippen LogP contribution in [0.5, 0.6) is 0 Å². The van der Waals surface area contributed by atoms with Crippen LogP contribution in [0.25, 0.3) is 0 Å². The van der Waals surface area contributed by atoms with Crippen molar-refractivity contribution in [2.24, 2.45) is 0 Å². The lowest BCUT2D eigenvalue weighted by Gasteiger charge is -2.16. The van der Waals surface area contributed by atoms with Gasteiger partial charge in [0.25, 0.3) is 5.91 Å².